The molecule has 1 unspecified atom stereocenters. The summed E-state index contributed by atoms with van der Waals surface area (Å²) >= 11 is 15.3. The van der Waals surface area contributed by atoms with Crippen molar-refractivity contribution in [3.63, 3.8) is 0 Å². The van der Waals surface area contributed by atoms with Gasteiger partial charge < -0.3 is 9.47 Å². The van der Waals surface area contributed by atoms with Crippen LogP contribution >= 0.6 is 45.9 Å². The van der Waals surface area contributed by atoms with Crippen LogP contribution in [0.2, 0.25) is 10.0 Å². The Labute approximate surface area is 201 Å². The van der Waals surface area contributed by atoms with E-state index in [0.29, 0.717) is 36.2 Å². The molecule has 1 aliphatic heterocycles. The maximum Gasteiger partial charge on any atom is 0.338 e. The number of methoxy groups -OCH3 is 1. The van der Waals surface area contributed by atoms with Crippen LogP contribution in [0.15, 0.2) is 56.8 Å². The Morgan fingerprint density at radius 2 is 1.97 bits per heavy atom. The van der Waals surface area contributed by atoms with Gasteiger partial charge in [0.25, 0.3) is 5.56 Å². The number of benzene rings is 1. The Morgan fingerprint density at radius 3 is 2.62 bits per heavy atom. The summed E-state index contributed by atoms with van der Waals surface area (Å²) in [7, 11) is 1.53. The third kappa shape index (κ3) is 4.33. The van der Waals surface area contributed by atoms with Gasteiger partial charge in [-0.05, 0) is 36.6 Å². The first-order valence-electron chi connectivity index (χ1n) is 9.58. The molecule has 1 atom stereocenters. The molecule has 3 heterocycles. The molecule has 0 radical (unpaired) electrons. The molecule has 4 rings (SSSR count). The predicted molar refractivity (Wildman–Crippen MR) is 127 cm³/mol. The molecule has 0 N–H and O–H groups in total. The van der Waals surface area contributed by atoms with Crippen LogP contribution in [0.5, 0.6) is 0 Å². The van der Waals surface area contributed by atoms with Gasteiger partial charge >= 0.3 is 5.97 Å². The number of halogens is 2. The van der Waals surface area contributed by atoms with E-state index in [0.717, 1.165) is 4.88 Å². The summed E-state index contributed by atoms with van der Waals surface area (Å²) in [4.78, 5) is 32.3. The number of thiazole rings is 1. The van der Waals surface area contributed by atoms with E-state index in [4.69, 9.17) is 32.7 Å². The number of carbonyl (C=O) groups is 1. The first-order chi connectivity index (χ1) is 15.4. The number of hydrogen-bond acceptors (Lipinski definition) is 7. The van der Waals surface area contributed by atoms with Gasteiger partial charge in [0.15, 0.2) is 4.80 Å². The smallest absolute Gasteiger partial charge is 0.338 e. The van der Waals surface area contributed by atoms with Gasteiger partial charge in [-0.1, -0.05) is 46.7 Å². The lowest BCUT2D eigenvalue weighted by Gasteiger charge is -2.23. The van der Waals surface area contributed by atoms with E-state index in [-0.39, 0.29) is 18.8 Å². The zero-order valence-corrected chi connectivity index (χ0v) is 20.3. The van der Waals surface area contributed by atoms with E-state index < -0.39 is 12.0 Å². The summed E-state index contributed by atoms with van der Waals surface area (Å²) in [6, 6.07) is 8.29. The van der Waals surface area contributed by atoms with Crippen LogP contribution in [0.25, 0.3) is 6.08 Å². The summed E-state index contributed by atoms with van der Waals surface area (Å²) in [6.07, 6.45) is 1.66. The highest BCUT2D eigenvalue weighted by molar-refractivity contribution is 7.10. The van der Waals surface area contributed by atoms with E-state index in [1.54, 1.807) is 31.2 Å². The largest absolute Gasteiger partial charge is 0.460 e. The Hall–Kier alpha value is -2.23. The molecule has 166 valence electrons. The van der Waals surface area contributed by atoms with Gasteiger partial charge in [-0.15, -0.1) is 11.3 Å². The Morgan fingerprint density at radius 1 is 1.22 bits per heavy atom. The second-order valence-corrected chi connectivity index (χ2v) is 9.66. The summed E-state index contributed by atoms with van der Waals surface area (Å²) in [5.74, 6) is -0.523. The van der Waals surface area contributed by atoms with Crippen LogP contribution in [-0.4, -0.2) is 30.9 Å². The minimum Gasteiger partial charge on any atom is -0.460 e. The van der Waals surface area contributed by atoms with Crippen molar-refractivity contribution in [2.24, 2.45) is 4.99 Å². The zero-order chi connectivity index (χ0) is 22.8. The monoisotopic (exact) mass is 508 g/mol. The van der Waals surface area contributed by atoms with Gasteiger partial charge in [0.05, 0.1) is 22.4 Å². The minimum atomic E-state index is -0.634. The highest BCUT2D eigenvalue weighted by Crippen LogP contribution is 2.33. The van der Waals surface area contributed by atoms with Crippen molar-refractivity contribution in [3.8, 4) is 0 Å². The van der Waals surface area contributed by atoms with Crippen molar-refractivity contribution >= 4 is 57.9 Å². The number of allylic oxidation sites excluding steroid dienone is 1. The molecular weight excluding hydrogens is 491 g/mol. The third-order valence-electron chi connectivity index (χ3n) is 4.85. The predicted octanol–water partition coefficient (Wildman–Crippen LogP) is 3.79. The maximum atomic E-state index is 13.5. The quantitative estimate of drug-likeness (QED) is 0.375. The van der Waals surface area contributed by atoms with E-state index in [9.17, 15) is 9.59 Å². The number of rotatable bonds is 6. The van der Waals surface area contributed by atoms with Gasteiger partial charge in [0.2, 0.25) is 0 Å². The molecule has 0 amide bonds. The van der Waals surface area contributed by atoms with Crippen LogP contribution < -0.4 is 14.9 Å². The van der Waals surface area contributed by atoms with Crippen molar-refractivity contribution in [1.29, 1.82) is 0 Å². The number of thiophene rings is 1. The Bertz CT molecular complexity index is 1350. The van der Waals surface area contributed by atoms with Crippen LogP contribution in [0.4, 0.5) is 0 Å². The lowest BCUT2D eigenvalue weighted by molar-refractivity contribution is -0.140. The average molecular weight is 509 g/mol. The molecule has 32 heavy (non-hydrogen) atoms. The van der Waals surface area contributed by atoms with Crippen LogP contribution in [0.3, 0.4) is 0 Å². The highest BCUT2D eigenvalue weighted by Gasteiger charge is 2.34. The topological polar surface area (TPSA) is 69.9 Å². The Kier molecular flexibility index (Phi) is 6.97. The van der Waals surface area contributed by atoms with Gasteiger partial charge in [0.1, 0.15) is 12.6 Å². The average Bonchev–Trinajstić information content (AvgIpc) is 3.39. The summed E-state index contributed by atoms with van der Waals surface area (Å²) in [6.45, 7) is 2.13. The van der Waals surface area contributed by atoms with E-state index in [1.807, 2.05) is 17.5 Å². The van der Waals surface area contributed by atoms with Crippen molar-refractivity contribution in [2.75, 3.05) is 20.3 Å². The van der Waals surface area contributed by atoms with E-state index in [2.05, 4.69) is 4.99 Å². The number of carbonyl (C=O) groups excluding carboxylic acids is 1. The van der Waals surface area contributed by atoms with Crippen molar-refractivity contribution in [1.82, 2.24) is 4.57 Å². The lowest BCUT2D eigenvalue weighted by Crippen LogP contribution is -2.39. The lowest BCUT2D eigenvalue weighted by atomic mass is 10.0. The standard InChI is InChI=1S/C22H18Cl2N2O4S2/c1-12-18(21(28)30-9-8-29-2)19(16-7-4-10-31-16)26-20(27)17(32-22(26)25-12)11-13-14(23)5-3-6-15(13)24/h3-7,10-11,19H,8-9H2,1-2H3/b17-11-. The van der Waals surface area contributed by atoms with E-state index >= 15 is 0 Å². The molecule has 6 nitrogen and oxygen atoms in total. The number of aromatic nitrogens is 1. The molecule has 0 spiro atoms. The summed E-state index contributed by atoms with van der Waals surface area (Å²) in [5, 5.41) is 2.78. The molecule has 0 saturated heterocycles. The van der Waals surface area contributed by atoms with Gasteiger partial charge in [-0.25, -0.2) is 9.79 Å². The fourth-order valence-corrected chi connectivity index (χ4v) is 5.73. The fraction of sp³-hybridized carbons (Fsp3) is 0.227. The molecule has 3 aromatic rings. The van der Waals surface area contributed by atoms with Gasteiger partial charge in [-0.3, -0.25) is 9.36 Å². The number of fused-ring (bicyclic) bond motifs is 1. The molecule has 0 saturated carbocycles. The zero-order valence-electron chi connectivity index (χ0n) is 17.1. The third-order valence-corrected chi connectivity index (χ3v) is 7.42. The number of nitrogens with zero attached hydrogens (tertiary/aromatic N) is 2. The normalized spacial score (nSPS) is 16.1. The fourth-order valence-electron chi connectivity index (χ4n) is 3.37. The first-order valence-corrected chi connectivity index (χ1v) is 12.0. The molecule has 0 bridgehead atoms. The first kappa shape index (κ1) is 22.9. The second kappa shape index (κ2) is 9.72. The van der Waals surface area contributed by atoms with Crippen molar-refractivity contribution in [3.05, 3.63) is 87.2 Å². The number of esters is 1. The summed E-state index contributed by atoms with van der Waals surface area (Å²) < 4.78 is 12.3. The van der Waals surface area contributed by atoms with Crippen LogP contribution in [-0.2, 0) is 14.3 Å². The highest BCUT2D eigenvalue weighted by atomic mass is 35.5. The molecule has 2 aromatic heterocycles. The molecule has 10 heteroatoms. The molecule has 1 aromatic carbocycles. The molecule has 0 fully saturated rings. The SMILES string of the molecule is COCCOC(=O)C1=C(C)N=c2s/c(=C\c3c(Cl)cccc3Cl)c(=O)n2C1c1cccs1. The second-order valence-electron chi connectivity index (χ2n) is 6.86. The molecule has 1 aliphatic rings. The number of hydrogen-bond donors (Lipinski definition) is 0. The number of ether oxygens (including phenoxy) is 2. The summed E-state index contributed by atoms with van der Waals surface area (Å²) in [5.41, 5.74) is 1.12. The molecule has 0 aliphatic carbocycles. The van der Waals surface area contributed by atoms with E-state index in [1.165, 1.54) is 34.4 Å². The maximum absolute atomic E-state index is 13.5. The van der Waals surface area contributed by atoms with Crippen LogP contribution in [0.1, 0.15) is 23.4 Å². The molecular formula is C22H18Cl2N2O4S2. The van der Waals surface area contributed by atoms with Crippen molar-refractivity contribution in [2.45, 2.75) is 13.0 Å². The van der Waals surface area contributed by atoms with Crippen molar-refractivity contribution < 1.29 is 14.3 Å². The van der Waals surface area contributed by atoms with Gasteiger partial charge in [-0.2, -0.15) is 0 Å². The van der Waals surface area contributed by atoms with Gasteiger partial charge in [0, 0.05) is 27.6 Å². The minimum absolute atomic E-state index is 0.110. The Balaban J connectivity index is 1.89. The van der Waals surface area contributed by atoms with Crippen LogP contribution in [0, 0.1) is 0 Å².